The molecule has 1 heterocycles. The summed E-state index contributed by atoms with van der Waals surface area (Å²) in [6.45, 7) is 5.86. The Kier molecular flexibility index (Phi) is 9.22. The van der Waals surface area contributed by atoms with Gasteiger partial charge >= 0.3 is 5.97 Å². The molecule has 0 saturated carbocycles. The minimum absolute atomic E-state index is 0.0188. The van der Waals surface area contributed by atoms with Crippen LogP contribution in [0.1, 0.15) is 51.6 Å². The van der Waals surface area contributed by atoms with Gasteiger partial charge in [-0.1, -0.05) is 50.2 Å². The highest BCUT2D eigenvalue weighted by atomic mass is 16.5. The average molecular weight is 637 g/mol. The second-order valence-corrected chi connectivity index (χ2v) is 10.9. The maximum absolute atomic E-state index is 13.5. The van der Waals surface area contributed by atoms with Gasteiger partial charge in [0, 0.05) is 21.9 Å². The Morgan fingerprint density at radius 1 is 0.894 bits per heavy atom. The number of ether oxygens (including phenoxy) is 2. The number of nitrogens with two attached hydrogens (primary N) is 1. The van der Waals surface area contributed by atoms with Crippen molar-refractivity contribution in [2.75, 3.05) is 13.2 Å². The third-order valence-corrected chi connectivity index (χ3v) is 7.53. The van der Waals surface area contributed by atoms with E-state index in [1.807, 2.05) is 44.2 Å². The van der Waals surface area contributed by atoms with Gasteiger partial charge in [0.2, 0.25) is 5.88 Å². The molecule has 5 aromatic rings. The topological polar surface area (TPSA) is 186 Å². The van der Waals surface area contributed by atoms with Crippen LogP contribution in [0.3, 0.4) is 0 Å². The zero-order valence-electron chi connectivity index (χ0n) is 25.8. The van der Waals surface area contributed by atoms with E-state index >= 15 is 0 Å². The number of para-hydroxylation sites is 1. The van der Waals surface area contributed by atoms with Gasteiger partial charge in [-0.15, -0.1) is 5.11 Å². The molecule has 5 N–H and O–H groups in total. The minimum Gasteiger partial charge on any atom is -0.507 e. The number of nitrogens with zero attached hydrogens (tertiary/aromatic N) is 3. The number of pyridine rings is 1. The first-order chi connectivity index (χ1) is 22.5. The molecule has 0 radical (unpaired) electrons. The summed E-state index contributed by atoms with van der Waals surface area (Å²) >= 11 is 0. The van der Waals surface area contributed by atoms with Crippen molar-refractivity contribution in [3.63, 3.8) is 0 Å². The van der Waals surface area contributed by atoms with E-state index in [4.69, 9.17) is 15.2 Å². The second-order valence-electron chi connectivity index (χ2n) is 10.9. The molecule has 5 rings (SSSR count). The number of aromatic carboxylic acids is 1. The number of rotatable bonds is 11. The molecule has 0 spiro atoms. The second kappa shape index (κ2) is 13.4. The molecule has 12 heteroatoms. The first kappa shape index (κ1) is 32.2. The molecule has 47 heavy (non-hydrogen) atoms. The first-order valence-corrected chi connectivity index (χ1v) is 14.6. The molecule has 12 nitrogen and oxygen atoms in total. The number of carboxylic acid groups (broad SMARTS) is 1. The molecule has 4 aromatic carbocycles. The number of fused-ring (bicyclic) bond motifs is 1. The first-order valence-electron chi connectivity index (χ1n) is 14.6. The highest BCUT2D eigenvalue weighted by Gasteiger charge is 2.25. The van der Waals surface area contributed by atoms with Crippen molar-refractivity contribution in [1.29, 1.82) is 0 Å². The lowest BCUT2D eigenvalue weighted by Gasteiger charge is -2.16. The van der Waals surface area contributed by atoms with Crippen LogP contribution < -0.4 is 20.8 Å². The van der Waals surface area contributed by atoms with Crippen LogP contribution in [0.15, 0.2) is 93.9 Å². The van der Waals surface area contributed by atoms with Gasteiger partial charge in [0.25, 0.3) is 11.5 Å². The molecular formula is C35H32N4O8. The molecule has 0 aliphatic carbocycles. The van der Waals surface area contributed by atoms with Gasteiger partial charge in [0.05, 0.1) is 16.9 Å². The predicted octanol–water partition coefficient (Wildman–Crippen LogP) is 6.50. The summed E-state index contributed by atoms with van der Waals surface area (Å²) in [6, 6.07) is 21.4. The third-order valence-electron chi connectivity index (χ3n) is 7.53. The van der Waals surface area contributed by atoms with E-state index < -0.39 is 28.9 Å². The lowest BCUT2D eigenvalue weighted by atomic mass is 9.97. The summed E-state index contributed by atoms with van der Waals surface area (Å²) in [6.07, 6.45) is 0. The van der Waals surface area contributed by atoms with E-state index in [0.29, 0.717) is 21.8 Å². The van der Waals surface area contributed by atoms with Crippen molar-refractivity contribution < 1.29 is 34.4 Å². The summed E-state index contributed by atoms with van der Waals surface area (Å²) in [4.78, 5) is 37.5. The normalized spacial score (nSPS) is 11.3. The zero-order chi connectivity index (χ0) is 33.8. The minimum atomic E-state index is -1.35. The number of carbonyl (C=O) groups excluding carboxylic acids is 1. The maximum Gasteiger partial charge on any atom is 0.337 e. The summed E-state index contributed by atoms with van der Waals surface area (Å²) < 4.78 is 12.5. The standard InChI is InChI=1S/C35H32N4O8/c1-19(2)26-18-28(23-8-4-5-9-24(23)31(26)40)47-17-16-46-22-14-12-21(13-15-22)37-38-30-20(3)29(32(36)41)33(42)39(34(30)43)27-11-7-6-10-25(27)35(44)45/h4-15,18-19,40,42H,16-17H2,1-3H3,(H2,36,41)(H,44,45). The van der Waals surface area contributed by atoms with E-state index in [2.05, 4.69) is 10.2 Å². The predicted molar refractivity (Wildman–Crippen MR) is 175 cm³/mol. The molecule has 0 unspecified atom stereocenters. The fraction of sp³-hybridized carbons (Fsp3) is 0.171. The number of benzene rings is 4. The highest BCUT2D eigenvalue weighted by molar-refractivity contribution is 5.98. The monoisotopic (exact) mass is 636 g/mol. The largest absolute Gasteiger partial charge is 0.507 e. The molecule has 0 aliphatic rings. The molecule has 0 bridgehead atoms. The van der Waals surface area contributed by atoms with Crippen LogP contribution in [-0.4, -0.2) is 45.0 Å². The lowest BCUT2D eigenvalue weighted by Crippen LogP contribution is -2.25. The Morgan fingerprint density at radius 3 is 2.19 bits per heavy atom. The van der Waals surface area contributed by atoms with Crippen LogP contribution >= 0.6 is 0 Å². The molecule has 0 saturated heterocycles. The Morgan fingerprint density at radius 2 is 1.53 bits per heavy atom. The van der Waals surface area contributed by atoms with Crippen LogP contribution in [0.5, 0.6) is 23.1 Å². The van der Waals surface area contributed by atoms with Crippen molar-refractivity contribution in [3.8, 4) is 28.8 Å². The van der Waals surface area contributed by atoms with E-state index in [9.17, 15) is 29.7 Å². The zero-order valence-corrected chi connectivity index (χ0v) is 25.8. The number of primary amides is 1. The third kappa shape index (κ3) is 6.47. The molecule has 1 amide bonds. The molecule has 0 atom stereocenters. The number of phenolic OH excluding ortho intramolecular Hbond substituents is 1. The van der Waals surface area contributed by atoms with Gasteiger partial charge in [0.15, 0.2) is 5.69 Å². The van der Waals surface area contributed by atoms with Crippen LogP contribution in [-0.2, 0) is 0 Å². The summed E-state index contributed by atoms with van der Waals surface area (Å²) in [7, 11) is 0. The van der Waals surface area contributed by atoms with Crippen molar-refractivity contribution in [1.82, 2.24) is 4.57 Å². The van der Waals surface area contributed by atoms with Crippen molar-refractivity contribution in [3.05, 3.63) is 111 Å². The van der Waals surface area contributed by atoms with Crippen LogP contribution in [0.4, 0.5) is 11.4 Å². The SMILES string of the molecule is Cc1c(C(N)=O)c(O)n(-c2ccccc2C(=O)O)c(=O)c1N=Nc1ccc(OCCOc2cc(C(C)C)c(O)c3ccccc23)cc1. The van der Waals surface area contributed by atoms with Crippen molar-refractivity contribution >= 4 is 34.0 Å². The van der Waals surface area contributed by atoms with Gasteiger partial charge in [-0.3, -0.25) is 9.59 Å². The summed E-state index contributed by atoms with van der Waals surface area (Å²) in [5.74, 6) is -1.67. The van der Waals surface area contributed by atoms with E-state index in [1.54, 1.807) is 24.3 Å². The van der Waals surface area contributed by atoms with Gasteiger partial charge in [-0.2, -0.15) is 5.11 Å². The molecule has 0 aliphatic heterocycles. The smallest absolute Gasteiger partial charge is 0.337 e. The number of hydrogen-bond donors (Lipinski definition) is 4. The van der Waals surface area contributed by atoms with Gasteiger partial charge in [-0.05, 0) is 55.3 Å². The Hall–Kier alpha value is -6.17. The number of azo groups is 1. The van der Waals surface area contributed by atoms with Crippen LogP contribution in [0.2, 0.25) is 0 Å². The highest BCUT2D eigenvalue weighted by Crippen LogP contribution is 2.39. The molecule has 1 aromatic heterocycles. The van der Waals surface area contributed by atoms with E-state index in [1.165, 1.54) is 31.2 Å². The number of phenols is 1. The number of hydrogen-bond acceptors (Lipinski definition) is 9. The number of carboxylic acids is 1. The Balaban J connectivity index is 1.33. The number of carbonyl (C=O) groups is 2. The van der Waals surface area contributed by atoms with E-state index in [-0.39, 0.29) is 47.4 Å². The lowest BCUT2D eigenvalue weighted by molar-refractivity contribution is 0.0696. The van der Waals surface area contributed by atoms with Gasteiger partial charge in [0.1, 0.15) is 36.0 Å². The van der Waals surface area contributed by atoms with E-state index in [0.717, 1.165) is 16.3 Å². The van der Waals surface area contributed by atoms with Crippen molar-refractivity contribution in [2.45, 2.75) is 26.7 Å². The van der Waals surface area contributed by atoms with Crippen LogP contribution in [0.25, 0.3) is 16.5 Å². The van der Waals surface area contributed by atoms with Crippen LogP contribution in [0, 0.1) is 6.92 Å². The molecule has 240 valence electrons. The quantitative estimate of drug-likeness (QED) is 0.0934. The van der Waals surface area contributed by atoms with Gasteiger partial charge in [-0.25, -0.2) is 9.36 Å². The Bertz CT molecular complexity index is 2090. The Labute approximate surface area is 269 Å². The summed E-state index contributed by atoms with van der Waals surface area (Å²) in [5, 5.41) is 40.8. The summed E-state index contributed by atoms with van der Waals surface area (Å²) in [5.41, 5.74) is 4.55. The molecular weight excluding hydrogens is 604 g/mol. The number of aromatic hydroxyl groups is 2. The van der Waals surface area contributed by atoms with Crippen molar-refractivity contribution in [2.24, 2.45) is 16.0 Å². The van der Waals surface area contributed by atoms with Gasteiger partial charge < -0.3 is 30.5 Å². The maximum atomic E-state index is 13.5. The number of amides is 1. The fourth-order valence-corrected chi connectivity index (χ4v) is 5.18. The number of aromatic nitrogens is 1. The fourth-order valence-electron chi connectivity index (χ4n) is 5.18. The average Bonchev–Trinajstić information content (AvgIpc) is 3.04. The molecule has 0 fully saturated rings.